The van der Waals surface area contributed by atoms with Crippen molar-refractivity contribution in [1.29, 1.82) is 0 Å². The number of hydrogen-bond donors (Lipinski definition) is 1. The second-order valence-corrected chi connectivity index (χ2v) is 7.10. The van der Waals surface area contributed by atoms with Crippen molar-refractivity contribution >= 4 is 23.9 Å². The van der Waals surface area contributed by atoms with E-state index >= 15 is 0 Å². The Balaban J connectivity index is 1.55. The van der Waals surface area contributed by atoms with Crippen LogP contribution in [-0.2, 0) is 20.9 Å². The molecular weight excluding hydrogens is 388 g/mol. The summed E-state index contributed by atoms with van der Waals surface area (Å²) >= 11 is 0. The number of hydrogen-bond acceptors (Lipinski definition) is 6. The lowest BCUT2D eigenvalue weighted by molar-refractivity contribution is -0.149. The van der Waals surface area contributed by atoms with Gasteiger partial charge in [-0.15, -0.1) is 0 Å². The fourth-order valence-corrected chi connectivity index (χ4v) is 2.96. The molecule has 1 aliphatic heterocycles. The Hall–Kier alpha value is -3.68. The van der Waals surface area contributed by atoms with Crippen molar-refractivity contribution in [1.82, 2.24) is 10.2 Å². The van der Waals surface area contributed by atoms with E-state index in [9.17, 15) is 19.2 Å². The summed E-state index contributed by atoms with van der Waals surface area (Å²) in [5.41, 5.74) is 1.34. The highest BCUT2D eigenvalue weighted by atomic mass is 16.6. The lowest BCUT2D eigenvalue weighted by Gasteiger charge is -2.22. The first-order valence-corrected chi connectivity index (χ1v) is 9.47. The van der Waals surface area contributed by atoms with E-state index in [0.717, 1.165) is 10.5 Å². The fraction of sp³-hybridized carbons (Fsp3) is 0.273. The van der Waals surface area contributed by atoms with Crippen LogP contribution >= 0.6 is 0 Å². The maximum atomic E-state index is 12.5. The smallest absolute Gasteiger partial charge is 0.408 e. The number of fused-ring (bicyclic) bond motifs is 1. The molecule has 0 radical (unpaired) electrons. The van der Waals surface area contributed by atoms with Gasteiger partial charge >= 0.3 is 12.1 Å². The van der Waals surface area contributed by atoms with Gasteiger partial charge in [-0.05, 0) is 23.6 Å². The molecule has 8 heteroatoms. The molecule has 1 heterocycles. The zero-order chi connectivity index (χ0) is 21.7. The van der Waals surface area contributed by atoms with Crippen LogP contribution in [-0.4, -0.2) is 41.5 Å². The van der Waals surface area contributed by atoms with Crippen LogP contribution in [0.25, 0.3) is 0 Å². The predicted molar refractivity (Wildman–Crippen MR) is 106 cm³/mol. The Kier molecular flexibility index (Phi) is 6.46. The Bertz CT molecular complexity index is 922. The molecule has 2 aromatic rings. The quantitative estimate of drug-likeness (QED) is 0.556. The molecule has 0 fully saturated rings. The average molecular weight is 410 g/mol. The molecule has 3 rings (SSSR count). The normalized spacial score (nSPS) is 13.8. The van der Waals surface area contributed by atoms with Crippen LogP contribution in [0.2, 0.25) is 0 Å². The predicted octanol–water partition coefficient (Wildman–Crippen LogP) is 2.73. The summed E-state index contributed by atoms with van der Waals surface area (Å²) in [7, 11) is 0. The molecule has 1 atom stereocenters. The molecule has 0 saturated heterocycles. The van der Waals surface area contributed by atoms with Crippen molar-refractivity contribution in [2.45, 2.75) is 26.5 Å². The number of nitrogens with one attached hydrogen (secondary N) is 1. The number of benzene rings is 2. The molecule has 3 amide bonds. The second-order valence-electron chi connectivity index (χ2n) is 7.10. The largest absolute Gasteiger partial charge is 0.445 e. The van der Waals surface area contributed by atoms with Crippen LogP contribution < -0.4 is 5.32 Å². The van der Waals surface area contributed by atoms with E-state index in [1.807, 2.05) is 30.3 Å². The average Bonchev–Trinajstić information content (AvgIpc) is 2.99. The number of amides is 3. The molecule has 2 aromatic carbocycles. The van der Waals surface area contributed by atoms with Gasteiger partial charge in [0.15, 0.2) is 6.73 Å². The van der Waals surface area contributed by atoms with Gasteiger partial charge in [0.25, 0.3) is 11.8 Å². The first kappa shape index (κ1) is 21.0. The molecule has 156 valence electrons. The minimum Gasteiger partial charge on any atom is -0.445 e. The van der Waals surface area contributed by atoms with Crippen LogP contribution in [0.3, 0.4) is 0 Å². The standard InChI is InChI=1S/C22H22N2O6/c1-14(2)18(23-22(28)29-12-15-8-4-3-5-9-15)21(27)30-13-24-19(25)16-10-6-7-11-17(16)20(24)26/h3-11,14,18H,12-13H2,1-2H3,(H,23,28)/t18-/m0/s1. The first-order chi connectivity index (χ1) is 14.4. The van der Waals surface area contributed by atoms with E-state index in [4.69, 9.17) is 9.47 Å². The SMILES string of the molecule is CC(C)[C@H](NC(=O)OCc1ccccc1)C(=O)OCN1C(=O)c2ccccc2C1=O. The van der Waals surface area contributed by atoms with E-state index < -0.39 is 36.6 Å². The highest BCUT2D eigenvalue weighted by Crippen LogP contribution is 2.22. The van der Waals surface area contributed by atoms with Crippen molar-refractivity contribution in [2.75, 3.05) is 6.73 Å². The lowest BCUT2D eigenvalue weighted by atomic mass is 10.1. The highest BCUT2D eigenvalue weighted by molar-refractivity contribution is 6.21. The zero-order valence-electron chi connectivity index (χ0n) is 16.7. The van der Waals surface area contributed by atoms with Crippen molar-refractivity contribution < 1.29 is 28.7 Å². The monoisotopic (exact) mass is 410 g/mol. The van der Waals surface area contributed by atoms with Crippen LogP contribution in [0, 0.1) is 5.92 Å². The third-order valence-corrected chi connectivity index (χ3v) is 4.62. The van der Waals surface area contributed by atoms with Crippen molar-refractivity contribution in [3.05, 3.63) is 71.3 Å². The summed E-state index contributed by atoms with van der Waals surface area (Å²) in [4.78, 5) is 50.1. The van der Waals surface area contributed by atoms with E-state index in [2.05, 4.69) is 5.32 Å². The Morgan fingerprint density at radius 3 is 2.03 bits per heavy atom. The molecule has 8 nitrogen and oxygen atoms in total. The van der Waals surface area contributed by atoms with Gasteiger partial charge in [0.1, 0.15) is 12.6 Å². The maximum Gasteiger partial charge on any atom is 0.408 e. The molecule has 0 bridgehead atoms. The number of carbonyl (C=O) groups is 4. The third kappa shape index (κ3) is 4.65. The second kappa shape index (κ2) is 9.21. The summed E-state index contributed by atoms with van der Waals surface area (Å²) in [5, 5.41) is 2.48. The van der Waals surface area contributed by atoms with Gasteiger partial charge in [0.2, 0.25) is 0 Å². The van der Waals surface area contributed by atoms with Gasteiger partial charge in [0, 0.05) is 0 Å². The van der Waals surface area contributed by atoms with E-state index in [1.165, 1.54) is 0 Å². The number of carbonyl (C=O) groups excluding carboxylic acids is 4. The lowest BCUT2D eigenvalue weighted by Crippen LogP contribution is -2.46. The maximum absolute atomic E-state index is 12.5. The minimum absolute atomic E-state index is 0.0571. The fourth-order valence-electron chi connectivity index (χ4n) is 2.96. The third-order valence-electron chi connectivity index (χ3n) is 4.62. The van der Waals surface area contributed by atoms with Crippen molar-refractivity contribution in [3.8, 4) is 0 Å². The number of ether oxygens (including phenoxy) is 2. The van der Waals surface area contributed by atoms with Gasteiger partial charge in [-0.25, -0.2) is 14.5 Å². The molecule has 0 saturated carbocycles. The molecule has 0 spiro atoms. The number of esters is 1. The molecule has 0 unspecified atom stereocenters. The minimum atomic E-state index is -0.997. The molecular formula is C22H22N2O6. The molecule has 0 aromatic heterocycles. The molecule has 0 aliphatic carbocycles. The van der Waals surface area contributed by atoms with E-state index in [0.29, 0.717) is 0 Å². The van der Waals surface area contributed by atoms with Gasteiger partial charge < -0.3 is 14.8 Å². The molecule has 1 N–H and O–H groups in total. The zero-order valence-corrected chi connectivity index (χ0v) is 16.7. The van der Waals surface area contributed by atoms with Gasteiger partial charge in [-0.3, -0.25) is 9.59 Å². The highest BCUT2D eigenvalue weighted by Gasteiger charge is 2.36. The van der Waals surface area contributed by atoms with Crippen LogP contribution in [0.15, 0.2) is 54.6 Å². The van der Waals surface area contributed by atoms with Crippen molar-refractivity contribution in [3.63, 3.8) is 0 Å². The van der Waals surface area contributed by atoms with Crippen LogP contribution in [0.5, 0.6) is 0 Å². The Labute approximate surface area is 173 Å². The summed E-state index contributed by atoms with van der Waals surface area (Å²) < 4.78 is 10.3. The van der Waals surface area contributed by atoms with Gasteiger partial charge in [-0.2, -0.15) is 0 Å². The Morgan fingerprint density at radius 1 is 0.900 bits per heavy atom. The summed E-state index contributed by atoms with van der Waals surface area (Å²) in [5.74, 6) is -2.12. The first-order valence-electron chi connectivity index (χ1n) is 9.47. The molecule has 1 aliphatic rings. The molecule has 30 heavy (non-hydrogen) atoms. The summed E-state index contributed by atoms with van der Waals surface area (Å²) in [6.45, 7) is 2.98. The number of imide groups is 1. The summed E-state index contributed by atoms with van der Waals surface area (Å²) in [6, 6.07) is 14.5. The number of alkyl carbamates (subject to hydrolysis) is 1. The summed E-state index contributed by atoms with van der Waals surface area (Å²) in [6.07, 6.45) is -0.768. The van der Waals surface area contributed by atoms with Crippen LogP contribution in [0.1, 0.15) is 40.1 Å². The van der Waals surface area contributed by atoms with Crippen molar-refractivity contribution in [2.24, 2.45) is 5.92 Å². The topological polar surface area (TPSA) is 102 Å². The van der Waals surface area contributed by atoms with E-state index in [1.54, 1.807) is 38.1 Å². The van der Waals surface area contributed by atoms with Gasteiger partial charge in [-0.1, -0.05) is 56.3 Å². The van der Waals surface area contributed by atoms with E-state index in [-0.39, 0.29) is 23.7 Å². The number of nitrogens with zero attached hydrogens (tertiary/aromatic N) is 1. The van der Waals surface area contributed by atoms with Crippen LogP contribution in [0.4, 0.5) is 4.79 Å². The Morgan fingerprint density at radius 2 is 1.47 bits per heavy atom. The van der Waals surface area contributed by atoms with Gasteiger partial charge in [0.05, 0.1) is 11.1 Å². The number of rotatable bonds is 7.